The SMILES string of the molecule is COC(=O)[C@@]1(OC[C@H]2O[C@@H](O[C@H]3[C@H](OCc4ccccc4)[C@@H](OCc4ccccc4)[C@H](Oc4ccc(OC)cc4)O[C@@H]3COCc3ccccc3)[C@H](OC(C)=O)[C@@H](O[C@@H]3O[C@H](COC(C)=O)[C@H](OC(C)=O)[C@H](OC(C)=O)[C@H]3OC(C)=O)[C@H]2O)C[C@H](OC(C)=O)[C@@H](NC(C)=O)[C@H]([C@H](OC(C)=O)[C@@H](COC(C)=O)OC(C)=O)O1. The Bertz CT molecular complexity index is 3760. The first-order valence-corrected chi connectivity index (χ1v) is 35.3. The van der Waals surface area contributed by atoms with Crippen LogP contribution < -0.4 is 14.8 Å². The number of benzene rings is 4. The number of aliphatic hydroxyl groups is 1. The van der Waals surface area contributed by atoms with E-state index in [9.17, 15) is 57.8 Å². The van der Waals surface area contributed by atoms with Crippen molar-refractivity contribution < 1.29 is 162 Å². The number of carbonyl (C=O) groups is 11. The Balaban J connectivity index is 1.35. The van der Waals surface area contributed by atoms with Gasteiger partial charge in [-0.05, 0) is 41.0 Å². The Morgan fingerprint density at radius 1 is 0.468 bits per heavy atom. The highest BCUT2D eigenvalue weighted by molar-refractivity contribution is 5.79. The molecule has 4 saturated heterocycles. The van der Waals surface area contributed by atoms with E-state index in [0.717, 1.165) is 81.9 Å². The number of aliphatic hydroxyl groups excluding tert-OH is 1. The quantitative estimate of drug-likeness (QED) is 0.0491. The minimum absolute atomic E-state index is 0.0264. The molecule has 0 aromatic heterocycles. The van der Waals surface area contributed by atoms with E-state index in [4.69, 9.17) is 104 Å². The largest absolute Gasteiger partial charge is 0.497 e. The molecule has 606 valence electrons. The van der Waals surface area contributed by atoms with Crippen molar-refractivity contribution in [3.05, 3.63) is 132 Å². The molecule has 0 spiro atoms. The second-order valence-electron chi connectivity index (χ2n) is 26.0. The van der Waals surface area contributed by atoms with E-state index in [0.29, 0.717) is 16.9 Å². The normalized spacial score (nSPS) is 28.2. The van der Waals surface area contributed by atoms with Crippen LogP contribution in [-0.4, -0.2) is 240 Å². The zero-order chi connectivity index (χ0) is 80.6. The molecule has 0 unspecified atom stereocenters. The number of ether oxygens (including phenoxy) is 22. The van der Waals surface area contributed by atoms with Crippen LogP contribution in [0.25, 0.3) is 0 Å². The summed E-state index contributed by atoms with van der Waals surface area (Å²) in [6.45, 7) is 6.33. The molecule has 0 aliphatic carbocycles. The molecule has 4 heterocycles. The lowest BCUT2D eigenvalue weighted by Gasteiger charge is -2.51. The van der Waals surface area contributed by atoms with Crippen LogP contribution in [-0.2, 0) is 167 Å². The van der Waals surface area contributed by atoms with Gasteiger partial charge in [0.2, 0.25) is 12.2 Å². The van der Waals surface area contributed by atoms with Gasteiger partial charge in [-0.3, -0.25) is 47.9 Å². The number of hydrogen-bond acceptors (Lipinski definition) is 34. The van der Waals surface area contributed by atoms with Crippen molar-refractivity contribution >= 4 is 65.6 Å². The Morgan fingerprint density at radius 2 is 0.946 bits per heavy atom. The van der Waals surface area contributed by atoms with E-state index in [1.165, 1.54) is 7.11 Å². The van der Waals surface area contributed by atoms with E-state index in [2.05, 4.69) is 5.32 Å². The van der Waals surface area contributed by atoms with Crippen molar-refractivity contribution in [2.24, 2.45) is 0 Å². The molecule has 4 aromatic carbocycles. The summed E-state index contributed by atoms with van der Waals surface area (Å²) < 4.78 is 137. The van der Waals surface area contributed by atoms with Gasteiger partial charge in [0.05, 0.1) is 59.7 Å². The van der Waals surface area contributed by atoms with Gasteiger partial charge >= 0.3 is 59.7 Å². The number of amides is 1. The third kappa shape index (κ3) is 25.1. The summed E-state index contributed by atoms with van der Waals surface area (Å²) in [7, 11) is 2.38. The summed E-state index contributed by atoms with van der Waals surface area (Å²) in [5.74, 6) is -13.8. The van der Waals surface area contributed by atoms with Gasteiger partial charge in [-0.2, -0.15) is 0 Å². The number of nitrogens with one attached hydrogen (secondary N) is 1. The van der Waals surface area contributed by atoms with Crippen LogP contribution in [0.5, 0.6) is 11.5 Å². The van der Waals surface area contributed by atoms with Gasteiger partial charge < -0.3 is 115 Å². The molecule has 0 radical (unpaired) electrons. The zero-order valence-corrected chi connectivity index (χ0v) is 63.1. The first-order chi connectivity index (χ1) is 52.9. The molecule has 0 saturated carbocycles. The lowest BCUT2D eigenvalue weighted by atomic mass is 9.87. The Labute approximate surface area is 638 Å². The van der Waals surface area contributed by atoms with Crippen molar-refractivity contribution in [1.82, 2.24) is 5.32 Å². The summed E-state index contributed by atoms with van der Waals surface area (Å²) in [6, 6.07) is 31.8. The molecular weight excluding hydrogens is 1470 g/mol. The predicted molar refractivity (Wildman–Crippen MR) is 371 cm³/mol. The molecule has 21 atom stereocenters. The molecule has 35 heteroatoms. The zero-order valence-electron chi connectivity index (χ0n) is 63.1. The lowest BCUT2D eigenvalue weighted by Crippen LogP contribution is -2.70. The molecule has 35 nitrogen and oxygen atoms in total. The molecule has 4 aromatic rings. The fraction of sp³-hybridized carbons (Fsp3) is 0.539. The van der Waals surface area contributed by atoms with Crippen molar-refractivity contribution in [1.29, 1.82) is 0 Å². The topological polar surface area (TPSA) is 423 Å². The van der Waals surface area contributed by atoms with E-state index < -0.39 is 220 Å². The molecule has 0 bridgehead atoms. The van der Waals surface area contributed by atoms with Crippen LogP contribution >= 0.6 is 0 Å². The molecule has 2 N–H and O–H groups in total. The van der Waals surface area contributed by atoms with Crippen LogP contribution in [0.15, 0.2) is 115 Å². The van der Waals surface area contributed by atoms with Crippen molar-refractivity contribution in [2.45, 2.75) is 224 Å². The maximum Gasteiger partial charge on any atom is 0.366 e. The van der Waals surface area contributed by atoms with Gasteiger partial charge in [-0.15, -0.1) is 0 Å². The van der Waals surface area contributed by atoms with Crippen molar-refractivity contribution in [2.75, 3.05) is 40.6 Å². The average Bonchev–Trinajstić information content (AvgIpc) is 0.754. The van der Waals surface area contributed by atoms with Crippen LogP contribution in [0.4, 0.5) is 0 Å². The molecular formula is C76H93NO34. The second-order valence-corrected chi connectivity index (χ2v) is 26.0. The average molecular weight is 1560 g/mol. The van der Waals surface area contributed by atoms with E-state index in [1.54, 1.807) is 91.0 Å². The highest BCUT2D eigenvalue weighted by Gasteiger charge is 2.63. The first-order valence-electron chi connectivity index (χ1n) is 35.3. The molecule has 4 aliphatic rings. The predicted octanol–water partition coefficient (Wildman–Crippen LogP) is 3.60. The molecule has 4 fully saturated rings. The van der Waals surface area contributed by atoms with E-state index in [1.807, 2.05) is 24.3 Å². The van der Waals surface area contributed by atoms with Crippen LogP contribution in [0.2, 0.25) is 0 Å². The molecule has 8 rings (SSSR count). The van der Waals surface area contributed by atoms with Crippen LogP contribution in [0.1, 0.15) is 92.3 Å². The monoisotopic (exact) mass is 1560 g/mol. The fourth-order valence-corrected chi connectivity index (χ4v) is 12.8. The Morgan fingerprint density at radius 3 is 1.46 bits per heavy atom. The number of esters is 10. The van der Waals surface area contributed by atoms with Crippen molar-refractivity contribution in [3.63, 3.8) is 0 Å². The smallest absolute Gasteiger partial charge is 0.366 e. The standard InChI is InChI=1S/C76H93NO34/c1-40(78)77-60-55(98-43(4)81)32-76(75(89)91-12,111-65(60)62(100-45(6)83)58(99-44(5)82)37-93-41(2)79)97-39-56-61(88)66(110-74-71(104-49(10)87)68(102-47(8)85)64(101-46(7)84)59(108-74)38-94-42(3)80)70(103-48(9)86)73(106-56)109-63-57(36-92-33-50-22-16-13-17-23-50)107-72(105-54-30-28-53(90-11)29-31-54)69(96-35-52-26-20-15-21-27-52)67(63)95-34-51-24-18-14-19-25-51/h13-31,55-74,88H,32-39H2,1-12H3,(H,77,78)/t55-,56+,57+,58+,59+,60+,61-,62+,63+,64-,65+,66-,67-,68-,69+,70+,71+,72+,73-,74-,76+/m0/s1. The maximum atomic E-state index is 15.0. The van der Waals surface area contributed by atoms with Gasteiger partial charge in [-0.1, -0.05) is 91.0 Å². The minimum Gasteiger partial charge on any atom is -0.497 e. The van der Waals surface area contributed by atoms with E-state index in [-0.39, 0.29) is 32.2 Å². The van der Waals surface area contributed by atoms with Crippen LogP contribution in [0.3, 0.4) is 0 Å². The lowest BCUT2D eigenvalue weighted by molar-refractivity contribution is -0.387. The Kier molecular flexibility index (Phi) is 32.4. The summed E-state index contributed by atoms with van der Waals surface area (Å²) >= 11 is 0. The van der Waals surface area contributed by atoms with Crippen LogP contribution in [0, 0.1) is 0 Å². The summed E-state index contributed by atoms with van der Waals surface area (Å²) in [5, 5.41) is 15.9. The van der Waals surface area contributed by atoms with Gasteiger partial charge in [0.15, 0.2) is 49.2 Å². The van der Waals surface area contributed by atoms with Gasteiger partial charge in [0.1, 0.15) is 85.8 Å². The highest BCUT2D eigenvalue weighted by Crippen LogP contribution is 2.42. The third-order valence-electron chi connectivity index (χ3n) is 17.3. The summed E-state index contributed by atoms with van der Waals surface area (Å²) in [6.07, 6.45) is -36.4. The summed E-state index contributed by atoms with van der Waals surface area (Å²) in [5.41, 5.74) is 2.03. The number of carbonyl (C=O) groups excluding carboxylic acids is 11. The van der Waals surface area contributed by atoms with Crippen molar-refractivity contribution in [3.8, 4) is 11.5 Å². The molecule has 4 aliphatic heterocycles. The Hall–Kier alpha value is -9.79. The molecule has 1 amide bonds. The number of hydrogen-bond donors (Lipinski definition) is 2. The summed E-state index contributed by atoms with van der Waals surface area (Å²) in [4.78, 5) is 146. The first kappa shape index (κ1) is 86.8. The maximum absolute atomic E-state index is 15.0. The highest BCUT2D eigenvalue weighted by atomic mass is 16.8. The van der Waals surface area contributed by atoms with Gasteiger partial charge in [0.25, 0.3) is 5.79 Å². The van der Waals surface area contributed by atoms with E-state index >= 15 is 0 Å². The number of rotatable bonds is 35. The fourth-order valence-electron chi connectivity index (χ4n) is 12.8. The van der Waals surface area contributed by atoms with Gasteiger partial charge in [-0.25, -0.2) is 4.79 Å². The minimum atomic E-state index is -3.02. The second kappa shape index (κ2) is 41.5. The third-order valence-corrected chi connectivity index (χ3v) is 17.3. The van der Waals surface area contributed by atoms with Gasteiger partial charge in [0, 0.05) is 69.2 Å². The number of methoxy groups -OCH3 is 2. The molecule has 111 heavy (non-hydrogen) atoms.